The highest BCUT2D eigenvalue weighted by molar-refractivity contribution is 5.98. The third-order valence-corrected chi connectivity index (χ3v) is 2.59. The monoisotopic (exact) mass is 263 g/mol. The fourth-order valence-corrected chi connectivity index (χ4v) is 1.32. The number of nitrogens with one attached hydrogen (secondary N) is 1. The van der Waals surface area contributed by atoms with E-state index in [0.29, 0.717) is 12.1 Å². The number of anilines is 1. The van der Waals surface area contributed by atoms with Crippen LogP contribution in [0.3, 0.4) is 0 Å². The summed E-state index contributed by atoms with van der Waals surface area (Å²) in [7, 11) is 0. The van der Waals surface area contributed by atoms with Crippen molar-refractivity contribution in [1.82, 2.24) is 0 Å². The average molecular weight is 263 g/mol. The van der Waals surface area contributed by atoms with E-state index in [2.05, 4.69) is 5.32 Å². The Morgan fingerprint density at radius 2 is 2.06 bits per heavy atom. The zero-order chi connectivity index (χ0) is 13.6. The number of carbonyl (C=O) groups is 1. The van der Waals surface area contributed by atoms with Crippen molar-refractivity contribution in [3.05, 3.63) is 29.6 Å². The van der Waals surface area contributed by atoms with Crippen molar-refractivity contribution in [2.75, 3.05) is 11.9 Å². The molecule has 0 unspecified atom stereocenters. The Labute approximate surface area is 99.7 Å². The molecule has 1 saturated heterocycles. The van der Waals surface area contributed by atoms with Crippen molar-refractivity contribution in [1.29, 1.82) is 0 Å². The first kappa shape index (κ1) is 12.8. The molecule has 0 saturated carbocycles. The van der Waals surface area contributed by atoms with Crippen molar-refractivity contribution in [2.24, 2.45) is 0 Å². The summed E-state index contributed by atoms with van der Waals surface area (Å²) in [6.45, 7) is 1.72. The lowest BCUT2D eigenvalue weighted by Gasteiger charge is -2.12. The SMILES string of the molecule is C[C@@]1(C(=O)Nc2ccc(F)c(C(F)(F)F)c2)CO1. The second-order valence-corrected chi connectivity index (χ2v) is 4.17. The van der Waals surface area contributed by atoms with Gasteiger partial charge in [-0.1, -0.05) is 0 Å². The Bertz CT molecular complexity index is 494. The Morgan fingerprint density at radius 1 is 1.44 bits per heavy atom. The van der Waals surface area contributed by atoms with Gasteiger partial charge in [0.1, 0.15) is 5.82 Å². The summed E-state index contributed by atoms with van der Waals surface area (Å²) >= 11 is 0. The summed E-state index contributed by atoms with van der Waals surface area (Å²) in [5.74, 6) is -1.93. The van der Waals surface area contributed by atoms with Gasteiger partial charge in [-0.15, -0.1) is 0 Å². The minimum Gasteiger partial charge on any atom is -0.359 e. The molecular formula is C11H9F4NO2. The van der Waals surface area contributed by atoms with E-state index in [9.17, 15) is 22.4 Å². The second kappa shape index (κ2) is 3.94. The van der Waals surface area contributed by atoms with Gasteiger partial charge >= 0.3 is 6.18 Å². The molecule has 1 amide bonds. The summed E-state index contributed by atoms with van der Waals surface area (Å²) in [6.07, 6.45) is -4.80. The van der Waals surface area contributed by atoms with E-state index in [4.69, 9.17) is 4.74 Å². The van der Waals surface area contributed by atoms with E-state index < -0.39 is 29.1 Å². The number of ether oxygens (including phenoxy) is 1. The van der Waals surface area contributed by atoms with Gasteiger partial charge in [0.25, 0.3) is 5.91 Å². The third kappa shape index (κ3) is 2.45. The van der Waals surface area contributed by atoms with E-state index in [1.807, 2.05) is 0 Å². The minimum absolute atomic E-state index is 0.120. The lowest BCUT2D eigenvalue weighted by molar-refractivity contribution is -0.140. The molecule has 0 radical (unpaired) electrons. The number of hydrogen-bond acceptors (Lipinski definition) is 2. The molecule has 1 atom stereocenters. The average Bonchev–Trinajstić information content (AvgIpc) is 2.99. The van der Waals surface area contributed by atoms with Gasteiger partial charge in [0.05, 0.1) is 12.2 Å². The van der Waals surface area contributed by atoms with Crippen LogP contribution in [0.5, 0.6) is 0 Å². The number of carbonyl (C=O) groups excluding carboxylic acids is 1. The predicted molar refractivity (Wildman–Crippen MR) is 54.4 cm³/mol. The Balaban J connectivity index is 2.22. The number of amides is 1. The number of halogens is 4. The first-order valence-electron chi connectivity index (χ1n) is 5.04. The molecule has 0 aromatic heterocycles. The van der Waals surface area contributed by atoms with Crippen LogP contribution >= 0.6 is 0 Å². The highest BCUT2D eigenvalue weighted by Crippen LogP contribution is 2.34. The fourth-order valence-electron chi connectivity index (χ4n) is 1.32. The molecule has 18 heavy (non-hydrogen) atoms. The Kier molecular flexibility index (Phi) is 2.81. The maximum Gasteiger partial charge on any atom is 0.419 e. The minimum atomic E-state index is -4.80. The van der Waals surface area contributed by atoms with Gasteiger partial charge in [-0.3, -0.25) is 4.79 Å². The van der Waals surface area contributed by atoms with Crippen LogP contribution in [0.4, 0.5) is 23.2 Å². The molecule has 1 aliphatic rings. The van der Waals surface area contributed by atoms with Crippen molar-refractivity contribution in [3.8, 4) is 0 Å². The molecule has 1 N–H and O–H groups in total. The number of epoxide rings is 1. The molecule has 98 valence electrons. The molecule has 7 heteroatoms. The van der Waals surface area contributed by atoms with Crippen LogP contribution in [0.2, 0.25) is 0 Å². The number of alkyl halides is 3. The van der Waals surface area contributed by atoms with E-state index in [-0.39, 0.29) is 12.3 Å². The standard InChI is InChI=1S/C11H9F4NO2/c1-10(5-18-10)9(17)16-6-2-3-8(12)7(4-6)11(13,14)15/h2-4H,5H2,1H3,(H,16,17)/t10-/m0/s1. The largest absolute Gasteiger partial charge is 0.419 e. The first-order chi connectivity index (χ1) is 8.22. The zero-order valence-electron chi connectivity index (χ0n) is 9.27. The van der Waals surface area contributed by atoms with Gasteiger partial charge in [-0.25, -0.2) is 4.39 Å². The Morgan fingerprint density at radius 3 is 2.56 bits per heavy atom. The highest BCUT2D eigenvalue weighted by Gasteiger charge is 2.47. The quantitative estimate of drug-likeness (QED) is 0.658. The molecule has 2 rings (SSSR count). The van der Waals surface area contributed by atoms with E-state index >= 15 is 0 Å². The number of benzene rings is 1. The fraction of sp³-hybridized carbons (Fsp3) is 0.364. The van der Waals surface area contributed by atoms with Gasteiger partial charge in [-0.05, 0) is 25.1 Å². The maximum absolute atomic E-state index is 13.0. The Hall–Kier alpha value is -1.63. The molecule has 3 nitrogen and oxygen atoms in total. The zero-order valence-corrected chi connectivity index (χ0v) is 9.27. The van der Waals surface area contributed by atoms with Gasteiger partial charge in [0, 0.05) is 5.69 Å². The second-order valence-electron chi connectivity index (χ2n) is 4.17. The molecule has 1 heterocycles. The van der Waals surface area contributed by atoms with Crippen LogP contribution < -0.4 is 5.32 Å². The maximum atomic E-state index is 13.0. The summed E-state index contributed by atoms with van der Waals surface area (Å²) in [5, 5.41) is 2.25. The smallest absolute Gasteiger partial charge is 0.359 e. The summed E-state index contributed by atoms with van der Waals surface area (Å²) in [5.41, 5.74) is -2.53. The van der Waals surface area contributed by atoms with Crippen LogP contribution in [0, 0.1) is 5.82 Å². The van der Waals surface area contributed by atoms with Crippen LogP contribution in [0.15, 0.2) is 18.2 Å². The topological polar surface area (TPSA) is 41.6 Å². The highest BCUT2D eigenvalue weighted by atomic mass is 19.4. The van der Waals surface area contributed by atoms with E-state index in [1.165, 1.54) is 6.92 Å². The molecule has 1 aromatic rings. The third-order valence-electron chi connectivity index (χ3n) is 2.59. The first-order valence-corrected chi connectivity index (χ1v) is 5.04. The molecule has 0 aliphatic carbocycles. The van der Waals surface area contributed by atoms with Crippen LogP contribution in [0.25, 0.3) is 0 Å². The van der Waals surface area contributed by atoms with Crippen molar-refractivity contribution < 1.29 is 27.1 Å². The van der Waals surface area contributed by atoms with Crippen LogP contribution in [-0.2, 0) is 15.7 Å². The normalized spacial score (nSPS) is 22.7. The van der Waals surface area contributed by atoms with Gasteiger partial charge in [-0.2, -0.15) is 13.2 Å². The van der Waals surface area contributed by atoms with E-state index in [0.717, 1.165) is 6.07 Å². The van der Waals surface area contributed by atoms with Crippen molar-refractivity contribution >= 4 is 11.6 Å². The number of rotatable bonds is 2. The predicted octanol–water partition coefficient (Wildman–Crippen LogP) is 2.57. The molecule has 0 spiro atoms. The van der Waals surface area contributed by atoms with Crippen molar-refractivity contribution in [2.45, 2.75) is 18.7 Å². The van der Waals surface area contributed by atoms with Crippen molar-refractivity contribution in [3.63, 3.8) is 0 Å². The molecule has 0 bridgehead atoms. The summed E-state index contributed by atoms with van der Waals surface area (Å²) < 4.78 is 55.1. The van der Waals surface area contributed by atoms with E-state index in [1.54, 1.807) is 0 Å². The molecule has 1 fully saturated rings. The molecule has 1 aromatic carbocycles. The summed E-state index contributed by atoms with van der Waals surface area (Å²) in [4.78, 5) is 11.5. The van der Waals surface area contributed by atoms with Gasteiger partial charge < -0.3 is 10.1 Å². The lowest BCUT2D eigenvalue weighted by atomic mass is 10.1. The molecule has 1 aliphatic heterocycles. The number of hydrogen-bond donors (Lipinski definition) is 1. The van der Waals surface area contributed by atoms with Crippen LogP contribution in [-0.4, -0.2) is 18.1 Å². The summed E-state index contributed by atoms with van der Waals surface area (Å²) in [6, 6.07) is 2.28. The van der Waals surface area contributed by atoms with Gasteiger partial charge in [0.15, 0.2) is 5.60 Å². The lowest BCUT2D eigenvalue weighted by Crippen LogP contribution is -2.28. The van der Waals surface area contributed by atoms with Gasteiger partial charge in [0.2, 0.25) is 0 Å². The van der Waals surface area contributed by atoms with Crippen LogP contribution in [0.1, 0.15) is 12.5 Å². The molecular weight excluding hydrogens is 254 g/mol.